The average Bonchev–Trinajstić information content (AvgIpc) is 3.89. The van der Waals surface area contributed by atoms with Gasteiger partial charge in [0.05, 0.1) is 28.2 Å². The Balaban J connectivity index is 1.39. The van der Waals surface area contributed by atoms with Gasteiger partial charge in [0.2, 0.25) is 0 Å². The van der Waals surface area contributed by atoms with E-state index in [9.17, 15) is 30.6 Å². The van der Waals surface area contributed by atoms with Crippen LogP contribution in [0.15, 0.2) is 21.7 Å². The second-order valence-electron chi connectivity index (χ2n) is 11.3. The smallest absolute Gasteiger partial charge is 0.269 e. The Morgan fingerprint density at radius 3 is 1.83 bits per heavy atom. The second kappa shape index (κ2) is 12.5. The molecular formula is C34H24N6O3S5. The van der Waals surface area contributed by atoms with Crippen LogP contribution in [0.3, 0.4) is 0 Å². The van der Waals surface area contributed by atoms with Crippen LogP contribution >= 0.6 is 56.7 Å². The molecule has 0 N–H and O–H groups in total. The third-order valence-electron chi connectivity index (χ3n) is 8.62. The SMILES string of the molecule is CCn1c(=C(C#N)C#N)s/c(=C\c2cc3c(s2)-c2sc4cc(/C=c5\sc(=C(C#N)C#N)n(CC)c5=O)sc4c2OC32CCCCC2)c1=O. The van der Waals surface area contributed by atoms with Gasteiger partial charge in [-0.1, -0.05) is 6.42 Å². The quantitative estimate of drug-likeness (QED) is 0.259. The molecule has 1 fully saturated rings. The van der Waals surface area contributed by atoms with Crippen molar-refractivity contribution >= 4 is 89.4 Å². The Morgan fingerprint density at radius 2 is 1.31 bits per heavy atom. The van der Waals surface area contributed by atoms with Crippen LogP contribution in [0.5, 0.6) is 5.75 Å². The van der Waals surface area contributed by atoms with E-state index < -0.39 is 5.60 Å². The van der Waals surface area contributed by atoms with Crippen LogP contribution in [0.4, 0.5) is 0 Å². The fourth-order valence-corrected chi connectivity index (χ4v) is 12.6. The van der Waals surface area contributed by atoms with E-state index in [-0.39, 0.29) is 22.3 Å². The molecular weight excluding hydrogens is 701 g/mol. The zero-order valence-corrected chi connectivity index (χ0v) is 29.8. The molecule has 0 saturated heterocycles. The summed E-state index contributed by atoms with van der Waals surface area (Å²) in [6, 6.07) is 11.9. The molecule has 1 aliphatic heterocycles. The van der Waals surface area contributed by atoms with Crippen molar-refractivity contribution in [3.63, 3.8) is 0 Å². The number of rotatable bonds is 4. The van der Waals surface area contributed by atoms with Crippen molar-refractivity contribution in [2.45, 2.75) is 64.6 Å². The van der Waals surface area contributed by atoms with Crippen LogP contribution in [-0.2, 0) is 18.7 Å². The highest BCUT2D eigenvalue weighted by Gasteiger charge is 2.44. The molecule has 48 heavy (non-hydrogen) atoms. The number of aromatic nitrogens is 2. The van der Waals surface area contributed by atoms with E-state index in [2.05, 4.69) is 12.1 Å². The molecule has 1 aliphatic carbocycles. The van der Waals surface area contributed by atoms with Gasteiger partial charge in [-0.2, -0.15) is 21.0 Å². The summed E-state index contributed by atoms with van der Waals surface area (Å²) in [6.45, 7) is 4.36. The van der Waals surface area contributed by atoms with Gasteiger partial charge in [0.25, 0.3) is 11.1 Å². The Labute approximate surface area is 293 Å². The van der Waals surface area contributed by atoms with Crippen molar-refractivity contribution in [3.05, 3.63) is 66.5 Å². The van der Waals surface area contributed by atoms with Crippen LogP contribution in [-0.4, -0.2) is 9.13 Å². The largest absolute Gasteiger partial charge is 0.479 e. The van der Waals surface area contributed by atoms with Gasteiger partial charge in [0.1, 0.15) is 39.2 Å². The highest BCUT2D eigenvalue weighted by molar-refractivity contribution is 7.32. The first-order chi connectivity index (χ1) is 23.3. The van der Waals surface area contributed by atoms with Gasteiger partial charge < -0.3 is 4.74 Å². The van der Waals surface area contributed by atoms with E-state index in [0.29, 0.717) is 31.5 Å². The number of thiophene rings is 3. The predicted octanol–water partition coefficient (Wildman–Crippen LogP) is 4.78. The summed E-state index contributed by atoms with van der Waals surface area (Å²) in [6.07, 6.45) is 8.72. The van der Waals surface area contributed by atoms with Gasteiger partial charge in [0, 0.05) is 28.4 Å². The maximum atomic E-state index is 13.3. The Kier molecular flexibility index (Phi) is 8.33. The van der Waals surface area contributed by atoms with Crippen molar-refractivity contribution < 1.29 is 4.74 Å². The molecule has 0 amide bonds. The molecule has 0 atom stereocenters. The number of fused-ring (bicyclic) bond motifs is 6. The molecule has 1 spiro atoms. The van der Waals surface area contributed by atoms with E-state index in [1.807, 2.05) is 50.3 Å². The zero-order valence-electron chi connectivity index (χ0n) is 25.7. The third-order valence-corrected chi connectivity index (χ3v) is 14.5. The van der Waals surface area contributed by atoms with E-state index in [1.54, 1.807) is 34.0 Å². The average molecular weight is 725 g/mol. The Hall–Kier alpha value is -4.54. The van der Waals surface area contributed by atoms with E-state index in [4.69, 9.17) is 4.74 Å². The van der Waals surface area contributed by atoms with Crippen molar-refractivity contribution in [1.29, 1.82) is 21.0 Å². The van der Waals surface area contributed by atoms with Crippen molar-refractivity contribution in [3.8, 4) is 39.8 Å². The lowest BCUT2D eigenvalue weighted by atomic mass is 9.78. The third kappa shape index (κ3) is 5.00. The van der Waals surface area contributed by atoms with Gasteiger partial charge in [-0.05, 0) is 63.8 Å². The van der Waals surface area contributed by atoms with Crippen LogP contribution in [0, 0.1) is 45.3 Å². The number of hydrogen-bond acceptors (Lipinski definition) is 12. The number of hydrogen-bond donors (Lipinski definition) is 0. The number of nitrogens with zero attached hydrogens (tertiary/aromatic N) is 6. The molecule has 7 rings (SSSR count). The molecule has 0 unspecified atom stereocenters. The second-order valence-corrected chi connectivity index (χ2v) is 16.6. The minimum atomic E-state index is -0.476. The van der Waals surface area contributed by atoms with Crippen molar-refractivity contribution in [2.75, 3.05) is 0 Å². The first-order valence-corrected chi connectivity index (χ1v) is 19.3. The summed E-state index contributed by atoms with van der Waals surface area (Å²) in [5, 5.41) is 37.8. The van der Waals surface area contributed by atoms with Crippen molar-refractivity contribution in [1.82, 2.24) is 9.13 Å². The molecule has 238 valence electrons. The number of nitriles is 4. The van der Waals surface area contributed by atoms with E-state index >= 15 is 0 Å². The molecule has 1 saturated carbocycles. The summed E-state index contributed by atoms with van der Waals surface area (Å²) in [7, 11) is 0. The van der Waals surface area contributed by atoms with Crippen LogP contribution in [0.25, 0.3) is 42.5 Å². The highest BCUT2D eigenvalue weighted by atomic mass is 32.1. The molecule has 6 heterocycles. The van der Waals surface area contributed by atoms with E-state index in [0.717, 1.165) is 83.7 Å². The molecule has 14 heteroatoms. The summed E-state index contributed by atoms with van der Waals surface area (Å²) < 4.78 is 13.8. The first-order valence-electron chi connectivity index (χ1n) is 15.2. The fourth-order valence-electron chi connectivity index (χ4n) is 6.42. The van der Waals surface area contributed by atoms with Gasteiger partial charge in [0.15, 0.2) is 16.9 Å². The predicted molar refractivity (Wildman–Crippen MR) is 192 cm³/mol. The lowest BCUT2D eigenvalue weighted by Crippen LogP contribution is -2.37. The number of ether oxygens (including phenoxy) is 1. The van der Waals surface area contributed by atoms with Crippen molar-refractivity contribution in [2.24, 2.45) is 0 Å². The van der Waals surface area contributed by atoms with E-state index in [1.165, 1.54) is 20.5 Å². The van der Waals surface area contributed by atoms with Crippen LogP contribution in [0.2, 0.25) is 0 Å². The highest BCUT2D eigenvalue weighted by Crippen LogP contribution is 2.60. The maximum absolute atomic E-state index is 13.3. The monoisotopic (exact) mass is 724 g/mol. The molecule has 9 nitrogen and oxygen atoms in total. The van der Waals surface area contributed by atoms with Crippen LogP contribution in [0.1, 0.15) is 61.3 Å². The zero-order chi connectivity index (χ0) is 33.7. The summed E-state index contributed by atoms with van der Waals surface area (Å²) in [4.78, 5) is 30.5. The Morgan fingerprint density at radius 1 is 0.771 bits per heavy atom. The van der Waals surface area contributed by atoms with Gasteiger partial charge in [-0.15, -0.1) is 56.7 Å². The standard InChI is InChI=1S/C34H24N6O3S5/c1-3-39-30(41)24(47-32(39)18(14-35)15-36)12-20-10-22-27(44-20)29-26(43-34(22)8-6-5-7-9-34)28-23(46-29)11-21(45-28)13-25-31(42)40(4-2)33(48-25)19(16-37)17-38/h10-13H,3-9H2,1-2H3/b24-12-,25-13-. The van der Waals surface area contributed by atoms with Gasteiger partial charge in [-0.3, -0.25) is 18.7 Å². The summed E-state index contributed by atoms with van der Waals surface area (Å²) in [5.74, 6) is 0.860. The lowest BCUT2D eigenvalue weighted by Gasteiger charge is -2.40. The van der Waals surface area contributed by atoms with Gasteiger partial charge >= 0.3 is 0 Å². The lowest BCUT2D eigenvalue weighted by molar-refractivity contribution is 0.0267. The first kappa shape index (κ1) is 32.0. The Bertz CT molecular complexity index is 2680. The minimum absolute atomic E-state index is 0.0680. The fraction of sp³-hybridized carbons (Fsp3) is 0.294. The normalized spacial score (nSPS) is 15.3. The molecule has 5 aromatic rings. The topological polar surface area (TPSA) is 148 Å². The maximum Gasteiger partial charge on any atom is 0.269 e. The summed E-state index contributed by atoms with van der Waals surface area (Å²) in [5.41, 5.74) is 0.0970. The molecule has 5 aromatic heterocycles. The molecule has 0 aromatic carbocycles. The summed E-state index contributed by atoms with van der Waals surface area (Å²) >= 11 is 7.17. The van der Waals surface area contributed by atoms with Gasteiger partial charge in [-0.25, -0.2) is 0 Å². The number of thiazole rings is 2. The minimum Gasteiger partial charge on any atom is -0.479 e. The van der Waals surface area contributed by atoms with Crippen LogP contribution < -0.4 is 34.2 Å². The molecule has 0 radical (unpaired) electrons. The molecule has 0 bridgehead atoms. The molecule has 2 aliphatic rings.